The monoisotopic (exact) mass is 900 g/mol. The summed E-state index contributed by atoms with van der Waals surface area (Å²) in [5.74, 6) is -0.121. The van der Waals surface area contributed by atoms with Crippen molar-refractivity contribution in [3.05, 3.63) is 87.3 Å². The second-order valence-corrected chi connectivity index (χ2v) is 16.0. The molecule has 0 amide bonds. The molecular weight excluding hydrogens is 833 g/mol. The lowest BCUT2D eigenvalue weighted by molar-refractivity contribution is -0.419. The molecule has 0 N–H and O–H groups in total. The number of ether oxygens (including phenoxy) is 7. The number of anilines is 1. The lowest BCUT2D eigenvalue weighted by Crippen LogP contribution is -2.28. The van der Waals surface area contributed by atoms with Crippen molar-refractivity contribution in [2.24, 2.45) is 0 Å². The summed E-state index contributed by atoms with van der Waals surface area (Å²) in [6, 6.07) is 7.84. The molecule has 3 rings (SSSR count). The van der Waals surface area contributed by atoms with Crippen LogP contribution in [0.25, 0.3) is 0 Å². The molecule has 1 aromatic carbocycles. The van der Waals surface area contributed by atoms with Crippen LogP contribution in [0.4, 0.5) is 5.69 Å². The summed E-state index contributed by atoms with van der Waals surface area (Å²) >= 11 is 4.23. The molecule has 0 fully saturated rings. The Hall–Kier alpha value is -4.19. The Bertz CT molecular complexity index is 1710. The van der Waals surface area contributed by atoms with Gasteiger partial charge in [0.1, 0.15) is 19.0 Å². The average molecular weight is 901 g/mol. The lowest BCUT2D eigenvalue weighted by atomic mass is 9.83. The lowest BCUT2D eigenvalue weighted by Gasteiger charge is -2.27. The maximum Gasteiger partial charge on any atom is 0.306 e. The molecule has 350 valence electrons. The highest BCUT2D eigenvalue weighted by molar-refractivity contribution is 7.80. The van der Waals surface area contributed by atoms with Crippen LogP contribution in [0, 0.1) is 10.1 Å². The van der Waals surface area contributed by atoms with E-state index in [4.69, 9.17) is 33.2 Å². The Labute approximate surface area is 378 Å². The number of esters is 2. The van der Waals surface area contributed by atoms with Gasteiger partial charge in [0.15, 0.2) is 5.78 Å². The Morgan fingerprint density at radius 2 is 1.17 bits per heavy atom. The van der Waals surface area contributed by atoms with E-state index in [0.717, 1.165) is 42.0 Å². The summed E-state index contributed by atoms with van der Waals surface area (Å²) in [6.07, 6.45) is 16.9. The normalized spacial score (nSPS) is 15.5. The minimum Gasteiger partial charge on any atom is -0.463 e. The van der Waals surface area contributed by atoms with E-state index in [1.165, 1.54) is 50.3 Å². The van der Waals surface area contributed by atoms with E-state index < -0.39 is 16.3 Å². The Balaban J connectivity index is 1.13. The molecule has 0 unspecified atom stereocenters. The van der Waals surface area contributed by atoms with Crippen molar-refractivity contribution in [2.45, 2.75) is 96.3 Å². The van der Waals surface area contributed by atoms with Gasteiger partial charge in [0, 0.05) is 60.3 Å². The van der Waals surface area contributed by atoms with Gasteiger partial charge in [-0.2, -0.15) is 12.6 Å². The zero-order chi connectivity index (χ0) is 45.5. The summed E-state index contributed by atoms with van der Waals surface area (Å²) in [5.41, 5.74) is 2.38. The third-order valence-electron chi connectivity index (χ3n) is 10.4. The second kappa shape index (κ2) is 31.6. The number of allylic oxidation sites excluding steroid dienone is 7. The summed E-state index contributed by atoms with van der Waals surface area (Å²) in [6.45, 7) is 8.44. The predicted octanol–water partition coefficient (Wildman–Crippen LogP) is 7.24. The number of para-hydroxylation sites is 1. The number of fused-ring (bicyclic) bond motifs is 1. The topological polar surface area (TPSA) is 179 Å². The molecular formula is C47H68N2O13S. The number of unbranched alkanes of at least 4 members (excludes halogenated alkanes) is 7. The van der Waals surface area contributed by atoms with E-state index in [1.807, 2.05) is 43.0 Å². The van der Waals surface area contributed by atoms with Crippen molar-refractivity contribution in [3.63, 3.8) is 0 Å². The van der Waals surface area contributed by atoms with Crippen LogP contribution in [-0.2, 0) is 57.8 Å². The van der Waals surface area contributed by atoms with Crippen molar-refractivity contribution >= 4 is 41.8 Å². The first kappa shape index (κ1) is 53.2. The van der Waals surface area contributed by atoms with Gasteiger partial charge in [-0.3, -0.25) is 29.3 Å². The van der Waals surface area contributed by atoms with Crippen molar-refractivity contribution in [3.8, 4) is 0 Å². The highest BCUT2D eigenvalue weighted by Gasteiger charge is 2.39. The van der Waals surface area contributed by atoms with Crippen molar-refractivity contribution in [2.75, 3.05) is 96.5 Å². The first-order chi connectivity index (χ1) is 30.5. The molecule has 15 nitrogen and oxygen atoms in total. The van der Waals surface area contributed by atoms with Gasteiger partial charge in [-0.05, 0) is 48.5 Å². The predicted molar refractivity (Wildman–Crippen MR) is 242 cm³/mol. The van der Waals surface area contributed by atoms with Gasteiger partial charge >= 0.3 is 11.9 Å². The van der Waals surface area contributed by atoms with E-state index in [9.17, 15) is 29.3 Å². The van der Waals surface area contributed by atoms with Crippen LogP contribution >= 0.6 is 12.6 Å². The average Bonchev–Trinajstić information content (AvgIpc) is 3.49. The van der Waals surface area contributed by atoms with Gasteiger partial charge in [-0.15, -0.1) is 0 Å². The molecule has 63 heavy (non-hydrogen) atoms. The molecule has 1 aliphatic carbocycles. The van der Waals surface area contributed by atoms with E-state index in [1.54, 1.807) is 12.2 Å². The third-order valence-corrected chi connectivity index (χ3v) is 10.7. The smallest absolute Gasteiger partial charge is 0.306 e. The molecule has 2 aliphatic rings. The number of hydrogen-bond donors (Lipinski definition) is 1. The third kappa shape index (κ3) is 21.4. The molecule has 1 heterocycles. The van der Waals surface area contributed by atoms with Crippen LogP contribution < -0.4 is 4.90 Å². The number of benzene rings is 1. The Kier molecular flexibility index (Phi) is 26.7. The van der Waals surface area contributed by atoms with E-state index in [2.05, 4.69) is 12.6 Å². The largest absolute Gasteiger partial charge is 0.463 e. The number of hydrogen-bond acceptors (Lipinski definition) is 15. The number of nitro groups is 1. The van der Waals surface area contributed by atoms with Gasteiger partial charge in [0.2, 0.25) is 0 Å². The second-order valence-electron chi connectivity index (χ2n) is 15.6. The SMILES string of the molecule is CC1(C)/C(=C\C=C2\C=C([N+](=O)[O-])C=CC2=O)N(CCC(=O)CCC(=O)OCCOCCOCCOCCOCCOCCOC(=O)CCCCCCCCCCS)c2ccccc21. The van der Waals surface area contributed by atoms with E-state index in [0.29, 0.717) is 72.4 Å². The minimum absolute atomic E-state index is 0.0335. The first-order valence-corrected chi connectivity index (χ1v) is 22.9. The highest BCUT2D eigenvalue weighted by Crippen LogP contribution is 2.47. The van der Waals surface area contributed by atoms with Gasteiger partial charge in [-0.1, -0.05) is 70.6 Å². The highest BCUT2D eigenvalue weighted by atomic mass is 32.1. The molecule has 0 atom stereocenters. The maximum absolute atomic E-state index is 12.9. The molecule has 16 heteroatoms. The molecule has 1 aliphatic heterocycles. The number of ketones is 2. The van der Waals surface area contributed by atoms with Gasteiger partial charge < -0.3 is 38.1 Å². The van der Waals surface area contributed by atoms with Gasteiger partial charge in [0.05, 0.1) is 77.4 Å². The Morgan fingerprint density at radius 3 is 1.73 bits per heavy atom. The van der Waals surface area contributed by atoms with Crippen LogP contribution in [0.2, 0.25) is 0 Å². The summed E-state index contributed by atoms with van der Waals surface area (Å²) in [4.78, 5) is 62.2. The molecule has 0 saturated carbocycles. The number of carbonyl (C=O) groups is 4. The van der Waals surface area contributed by atoms with Gasteiger partial charge in [0.25, 0.3) is 5.70 Å². The fraction of sp³-hybridized carbons (Fsp3) is 0.617. The van der Waals surface area contributed by atoms with Crippen LogP contribution in [0.15, 0.2) is 71.6 Å². The number of carbonyl (C=O) groups excluding carboxylic acids is 4. The zero-order valence-electron chi connectivity index (χ0n) is 37.2. The minimum atomic E-state index is -0.541. The fourth-order valence-corrected chi connectivity index (χ4v) is 7.15. The van der Waals surface area contributed by atoms with Crippen molar-refractivity contribution in [1.82, 2.24) is 0 Å². The molecule has 0 aromatic heterocycles. The Morgan fingerprint density at radius 1 is 0.667 bits per heavy atom. The molecule has 0 bridgehead atoms. The van der Waals surface area contributed by atoms with E-state index in [-0.39, 0.29) is 67.9 Å². The first-order valence-electron chi connectivity index (χ1n) is 22.2. The number of nitrogens with zero attached hydrogens (tertiary/aromatic N) is 2. The van der Waals surface area contributed by atoms with Crippen molar-refractivity contribution in [1.29, 1.82) is 0 Å². The molecule has 0 saturated heterocycles. The van der Waals surface area contributed by atoms with E-state index >= 15 is 0 Å². The number of thiol groups is 1. The van der Waals surface area contributed by atoms with Crippen LogP contribution in [0.3, 0.4) is 0 Å². The number of Topliss-reactive ketones (excluding diaryl/α,β-unsaturated/α-hetero) is 1. The summed E-state index contributed by atoms with van der Waals surface area (Å²) < 4.78 is 37.8. The standard InChI is InChI=1S/C47H68N2O13S/c1-47(2)41-13-10-11-14-42(41)48(44(47)20-16-38-37-39(49(54)55)17-19-43(38)51)23-22-40(50)18-21-46(53)62-35-33-60-31-29-58-27-25-56-24-26-57-28-30-59-32-34-61-45(52)15-9-7-5-3-4-6-8-12-36-63/h10-11,13-14,16-17,19-20,37,63H,3-9,12,15,18,21-36H2,1-2H3/b38-16-,44-20+. The summed E-state index contributed by atoms with van der Waals surface area (Å²) in [7, 11) is 0. The molecule has 1 aromatic rings. The van der Waals surface area contributed by atoms with Crippen molar-refractivity contribution < 1.29 is 57.3 Å². The van der Waals surface area contributed by atoms with Crippen LogP contribution in [0.5, 0.6) is 0 Å². The number of rotatable bonds is 36. The van der Waals surface area contributed by atoms with Crippen LogP contribution in [-0.4, -0.2) is 120 Å². The quantitative estimate of drug-likeness (QED) is 0.0178. The van der Waals surface area contributed by atoms with Gasteiger partial charge in [-0.25, -0.2) is 0 Å². The maximum atomic E-state index is 12.9. The summed E-state index contributed by atoms with van der Waals surface area (Å²) in [5, 5.41) is 11.3. The molecule has 0 radical (unpaired) electrons. The fourth-order valence-electron chi connectivity index (χ4n) is 6.93. The zero-order valence-corrected chi connectivity index (χ0v) is 38.1. The molecule has 0 spiro atoms. The van der Waals surface area contributed by atoms with Crippen LogP contribution in [0.1, 0.15) is 96.5 Å².